The van der Waals surface area contributed by atoms with E-state index in [0.717, 1.165) is 16.7 Å². The molecule has 8 nitrogen and oxygen atoms in total. The lowest BCUT2D eigenvalue weighted by atomic mass is 10.1. The normalized spacial score (nSPS) is 17.6. The van der Waals surface area contributed by atoms with Crippen LogP contribution in [-0.2, 0) is 19.5 Å². The summed E-state index contributed by atoms with van der Waals surface area (Å²) < 4.78 is 39.2. The van der Waals surface area contributed by atoms with Gasteiger partial charge in [-0.2, -0.15) is 23.4 Å². The molecule has 0 fully saturated rings. The van der Waals surface area contributed by atoms with E-state index in [1.54, 1.807) is 4.68 Å². The molecule has 0 bridgehead atoms. The van der Waals surface area contributed by atoms with Crippen molar-refractivity contribution in [3.63, 3.8) is 0 Å². The Hall–Kier alpha value is -2.59. The first-order valence-electron chi connectivity index (χ1n) is 6.93. The molecule has 3 rings (SSSR count). The third-order valence-electron chi connectivity index (χ3n) is 3.36. The van der Waals surface area contributed by atoms with Gasteiger partial charge < -0.3 is 5.32 Å². The molecule has 0 aromatic carbocycles. The fourth-order valence-electron chi connectivity index (χ4n) is 2.39. The zero-order valence-corrected chi connectivity index (χ0v) is 11.9. The Morgan fingerprint density at radius 2 is 2.26 bits per heavy atom. The number of anilines is 1. The van der Waals surface area contributed by atoms with E-state index in [0.29, 0.717) is 19.4 Å². The predicted molar refractivity (Wildman–Crippen MR) is 72.6 cm³/mol. The summed E-state index contributed by atoms with van der Waals surface area (Å²) in [6.45, 7) is -0.695. The monoisotopic (exact) mass is 329 g/mol. The summed E-state index contributed by atoms with van der Waals surface area (Å²) in [4.78, 5) is 16.0. The van der Waals surface area contributed by atoms with Crippen LogP contribution in [0.25, 0.3) is 0 Å². The number of aryl methyl sites for hydroxylation is 1. The number of carbonyl (C=O) groups is 1. The van der Waals surface area contributed by atoms with Crippen molar-refractivity contribution in [2.45, 2.75) is 38.1 Å². The zero-order valence-electron chi connectivity index (χ0n) is 11.9. The fourth-order valence-corrected chi connectivity index (χ4v) is 2.39. The summed E-state index contributed by atoms with van der Waals surface area (Å²) in [6.07, 6.45) is -0.320. The number of amides is 2. The lowest BCUT2D eigenvalue weighted by Gasteiger charge is -2.23. The van der Waals surface area contributed by atoms with E-state index in [1.807, 2.05) is 0 Å². The van der Waals surface area contributed by atoms with E-state index in [2.05, 4.69) is 25.8 Å². The molecule has 2 aromatic rings. The molecule has 0 unspecified atom stereocenters. The average molecular weight is 329 g/mol. The van der Waals surface area contributed by atoms with Crippen molar-refractivity contribution >= 4 is 11.8 Å². The van der Waals surface area contributed by atoms with Gasteiger partial charge in [-0.3, -0.25) is 10.00 Å². The quantitative estimate of drug-likeness (QED) is 0.885. The summed E-state index contributed by atoms with van der Waals surface area (Å²) in [5, 5.41) is 12.9. The number of carbonyl (C=O) groups excluding carboxylic acids is 1. The number of hydrogen-bond donors (Lipinski definition) is 2. The van der Waals surface area contributed by atoms with Gasteiger partial charge in [-0.15, -0.1) is 0 Å². The first kappa shape index (κ1) is 15.3. The van der Waals surface area contributed by atoms with Crippen molar-refractivity contribution in [2.24, 2.45) is 0 Å². The standard InChI is InChI=1S/C12H14F3N7O/c13-12(14,15)6-21-4-3-9(20-21)19-11(23)18-8-1-2-10-16-7-17-22(10)5-8/h3-4,7-8H,1-2,5-6H2,(H2,18,19,20,23)/t8-/m0/s1. The minimum absolute atomic E-state index is 0.0593. The minimum Gasteiger partial charge on any atom is -0.333 e. The van der Waals surface area contributed by atoms with Gasteiger partial charge in [0.1, 0.15) is 18.7 Å². The predicted octanol–water partition coefficient (Wildman–Crippen LogP) is 1.17. The highest BCUT2D eigenvalue weighted by Crippen LogP contribution is 2.17. The number of nitrogens with zero attached hydrogens (tertiary/aromatic N) is 5. The molecule has 1 aliphatic heterocycles. The van der Waals surface area contributed by atoms with Crippen LogP contribution in [0, 0.1) is 0 Å². The van der Waals surface area contributed by atoms with Crippen LogP contribution in [0.15, 0.2) is 18.6 Å². The second-order valence-corrected chi connectivity index (χ2v) is 5.21. The number of fused-ring (bicyclic) bond motifs is 1. The topological polar surface area (TPSA) is 89.7 Å². The Kier molecular flexibility index (Phi) is 3.92. The van der Waals surface area contributed by atoms with Crippen LogP contribution in [0.3, 0.4) is 0 Å². The zero-order chi connectivity index (χ0) is 16.4. The van der Waals surface area contributed by atoms with Crippen molar-refractivity contribution in [3.8, 4) is 0 Å². The summed E-state index contributed by atoms with van der Waals surface area (Å²) in [5.74, 6) is 0.929. The van der Waals surface area contributed by atoms with Crippen molar-refractivity contribution in [2.75, 3.05) is 5.32 Å². The highest BCUT2D eigenvalue weighted by Gasteiger charge is 2.28. The van der Waals surface area contributed by atoms with Crippen LogP contribution < -0.4 is 10.6 Å². The van der Waals surface area contributed by atoms with E-state index in [1.165, 1.54) is 12.4 Å². The number of hydrogen-bond acceptors (Lipinski definition) is 4. The average Bonchev–Trinajstić information content (AvgIpc) is 3.05. The highest BCUT2D eigenvalue weighted by atomic mass is 19.4. The summed E-state index contributed by atoms with van der Waals surface area (Å²) in [7, 11) is 0. The molecule has 1 atom stereocenters. The first-order chi connectivity index (χ1) is 10.9. The van der Waals surface area contributed by atoms with Crippen molar-refractivity contribution < 1.29 is 18.0 Å². The van der Waals surface area contributed by atoms with Gasteiger partial charge in [-0.1, -0.05) is 0 Å². The highest BCUT2D eigenvalue weighted by molar-refractivity contribution is 5.88. The Morgan fingerprint density at radius 1 is 1.43 bits per heavy atom. The molecule has 2 N–H and O–H groups in total. The molecular weight excluding hydrogens is 315 g/mol. The van der Waals surface area contributed by atoms with Gasteiger partial charge in [-0.05, 0) is 6.42 Å². The number of nitrogens with one attached hydrogen (secondary N) is 2. The largest absolute Gasteiger partial charge is 0.408 e. The molecule has 2 amide bonds. The molecule has 0 saturated heterocycles. The van der Waals surface area contributed by atoms with Crippen LogP contribution in [0.4, 0.5) is 23.8 Å². The molecule has 11 heteroatoms. The molecule has 2 aromatic heterocycles. The second-order valence-electron chi connectivity index (χ2n) is 5.21. The van der Waals surface area contributed by atoms with E-state index in [-0.39, 0.29) is 11.9 Å². The maximum Gasteiger partial charge on any atom is 0.408 e. The van der Waals surface area contributed by atoms with Crippen LogP contribution in [0.1, 0.15) is 12.2 Å². The molecule has 23 heavy (non-hydrogen) atoms. The van der Waals surface area contributed by atoms with Crippen LogP contribution >= 0.6 is 0 Å². The summed E-state index contributed by atoms with van der Waals surface area (Å²) in [6, 6.07) is 0.666. The SMILES string of the molecule is O=C(Nc1ccn(CC(F)(F)F)n1)N[C@H]1CCc2ncnn2C1. The third kappa shape index (κ3) is 3.99. The Balaban J connectivity index is 1.52. The maximum absolute atomic E-state index is 12.2. The molecule has 0 saturated carbocycles. The van der Waals surface area contributed by atoms with Gasteiger partial charge in [0.05, 0.1) is 12.6 Å². The lowest BCUT2D eigenvalue weighted by Crippen LogP contribution is -2.43. The van der Waals surface area contributed by atoms with Crippen LogP contribution in [0.5, 0.6) is 0 Å². The van der Waals surface area contributed by atoms with E-state index in [4.69, 9.17) is 0 Å². The Labute approximate surface area is 128 Å². The number of aromatic nitrogens is 5. The van der Waals surface area contributed by atoms with Gasteiger partial charge in [0.2, 0.25) is 0 Å². The molecule has 1 aliphatic rings. The third-order valence-corrected chi connectivity index (χ3v) is 3.36. The summed E-state index contributed by atoms with van der Waals surface area (Å²) >= 11 is 0. The molecular formula is C12H14F3N7O. The molecule has 0 spiro atoms. The molecule has 124 valence electrons. The maximum atomic E-state index is 12.2. The van der Waals surface area contributed by atoms with Gasteiger partial charge in [0.15, 0.2) is 5.82 Å². The molecule has 3 heterocycles. The fraction of sp³-hybridized carbons (Fsp3) is 0.500. The number of halogens is 3. The van der Waals surface area contributed by atoms with E-state index in [9.17, 15) is 18.0 Å². The molecule has 0 radical (unpaired) electrons. The Bertz CT molecular complexity index is 693. The number of alkyl halides is 3. The van der Waals surface area contributed by atoms with Crippen LogP contribution in [0.2, 0.25) is 0 Å². The lowest BCUT2D eigenvalue weighted by molar-refractivity contribution is -0.142. The van der Waals surface area contributed by atoms with Gasteiger partial charge in [0, 0.05) is 18.7 Å². The minimum atomic E-state index is -4.36. The Morgan fingerprint density at radius 3 is 3.04 bits per heavy atom. The van der Waals surface area contributed by atoms with Gasteiger partial charge >= 0.3 is 12.2 Å². The second kappa shape index (κ2) is 5.89. The first-order valence-corrected chi connectivity index (χ1v) is 6.93. The molecule has 0 aliphatic carbocycles. The van der Waals surface area contributed by atoms with Crippen molar-refractivity contribution in [1.29, 1.82) is 0 Å². The van der Waals surface area contributed by atoms with Crippen molar-refractivity contribution in [1.82, 2.24) is 29.9 Å². The number of rotatable bonds is 3. The van der Waals surface area contributed by atoms with Crippen LogP contribution in [-0.4, -0.2) is 42.8 Å². The van der Waals surface area contributed by atoms with Crippen molar-refractivity contribution in [3.05, 3.63) is 24.4 Å². The smallest absolute Gasteiger partial charge is 0.333 e. The van der Waals surface area contributed by atoms with Gasteiger partial charge in [-0.25, -0.2) is 14.5 Å². The number of urea groups is 1. The van der Waals surface area contributed by atoms with E-state index >= 15 is 0 Å². The summed E-state index contributed by atoms with van der Waals surface area (Å²) in [5.41, 5.74) is 0. The van der Waals surface area contributed by atoms with E-state index < -0.39 is 18.8 Å². The van der Waals surface area contributed by atoms with Gasteiger partial charge in [0.25, 0.3) is 0 Å².